The summed E-state index contributed by atoms with van der Waals surface area (Å²) in [6.07, 6.45) is 0. The average Bonchev–Trinajstić information content (AvgIpc) is 3.15. The van der Waals surface area contributed by atoms with Crippen LogP contribution < -0.4 is 0 Å². The predicted octanol–water partition coefficient (Wildman–Crippen LogP) is 6.13. The molecule has 0 bridgehead atoms. The molecule has 0 aliphatic carbocycles. The van der Waals surface area contributed by atoms with Crippen LogP contribution in [0.3, 0.4) is 0 Å². The molecule has 0 atom stereocenters. The number of aryl methyl sites for hydroxylation is 2. The lowest BCUT2D eigenvalue weighted by atomic mass is 10.0. The van der Waals surface area contributed by atoms with Gasteiger partial charge in [-0.1, -0.05) is 60.7 Å². The summed E-state index contributed by atoms with van der Waals surface area (Å²) in [5.74, 6) is 0. The van der Waals surface area contributed by atoms with Crippen molar-refractivity contribution in [2.45, 2.75) is 0 Å². The van der Waals surface area contributed by atoms with Gasteiger partial charge in [-0.2, -0.15) is 0 Å². The molecule has 0 saturated carbocycles. The zero-order valence-electron chi connectivity index (χ0n) is 14.8. The van der Waals surface area contributed by atoms with Gasteiger partial charge in [-0.05, 0) is 17.5 Å². The zero-order chi connectivity index (χ0) is 17.4. The summed E-state index contributed by atoms with van der Waals surface area (Å²) in [5, 5.41) is 7.94. The quantitative estimate of drug-likeness (QED) is 0.316. The van der Waals surface area contributed by atoms with Crippen LogP contribution in [0.15, 0.2) is 72.8 Å². The van der Waals surface area contributed by atoms with Crippen LogP contribution >= 0.6 is 0 Å². The highest BCUT2D eigenvalue weighted by molar-refractivity contribution is 6.28. The lowest BCUT2D eigenvalue weighted by Crippen LogP contribution is -1.89. The largest absolute Gasteiger partial charge is 0.343 e. The van der Waals surface area contributed by atoms with Crippen LogP contribution in [0.2, 0.25) is 0 Å². The summed E-state index contributed by atoms with van der Waals surface area (Å²) in [6.45, 7) is 0. The minimum Gasteiger partial charge on any atom is -0.343 e. The molecule has 0 fully saturated rings. The Hall–Kier alpha value is -3.26. The molecule has 0 spiro atoms. The van der Waals surface area contributed by atoms with Gasteiger partial charge in [0.15, 0.2) is 0 Å². The highest BCUT2D eigenvalue weighted by Gasteiger charge is 2.17. The van der Waals surface area contributed by atoms with Gasteiger partial charge >= 0.3 is 0 Å². The number of hydrogen-bond acceptors (Lipinski definition) is 0. The maximum absolute atomic E-state index is 2.35. The molecule has 0 N–H and O–H groups in total. The third-order valence-electron chi connectivity index (χ3n) is 5.91. The normalized spacial score (nSPS) is 12.2. The van der Waals surface area contributed by atoms with Crippen molar-refractivity contribution < 1.29 is 0 Å². The number of fused-ring (bicyclic) bond motifs is 9. The SMILES string of the molecule is Cn1c2ccc3c4ccccc4n(C)c3c2c2ccc3ccccc3c21. The van der Waals surface area contributed by atoms with Crippen molar-refractivity contribution in [1.29, 1.82) is 0 Å². The number of aromatic nitrogens is 2. The maximum atomic E-state index is 2.35. The smallest absolute Gasteiger partial charge is 0.0590 e. The Labute approximate surface area is 150 Å². The first kappa shape index (κ1) is 14.0. The second-order valence-corrected chi connectivity index (χ2v) is 7.17. The van der Waals surface area contributed by atoms with Crippen molar-refractivity contribution in [3.63, 3.8) is 0 Å². The van der Waals surface area contributed by atoms with Crippen LogP contribution in [0.5, 0.6) is 0 Å². The summed E-state index contributed by atoms with van der Waals surface area (Å²) < 4.78 is 4.70. The monoisotopic (exact) mass is 334 g/mol. The van der Waals surface area contributed by atoms with E-state index in [1.807, 2.05) is 0 Å². The van der Waals surface area contributed by atoms with Crippen molar-refractivity contribution >= 4 is 54.4 Å². The van der Waals surface area contributed by atoms with Crippen LogP contribution in [-0.2, 0) is 14.1 Å². The van der Waals surface area contributed by atoms with E-state index in [2.05, 4.69) is 96.0 Å². The molecule has 2 aromatic heterocycles. The fourth-order valence-corrected chi connectivity index (χ4v) is 4.74. The Balaban J connectivity index is 1.98. The van der Waals surface area contributed by atoms with E-state index in [4.69, 9.17) is 0 Å². The van der Waals surface area contributed by atoms with E-state index in [0.717, 1.165) is 0 Å². The first-order valence-electron chi connectivity index (χ1n) is 9.01. The van der Waals surface area contributed by atoms with Crippen molar-refractivity contribution in [2.75, 3.05) is 0 Å². The third-order valence-corrected chi connectivity index (χ3v) is 5.91. The van der Waals surface area contributed by atoms with Crippen molar-refractivity contribution in [3.8, 4) is 0 Å². The lowest BCUT2D eigenvalue weighted by Gasteiger charge is -2.02. The molecule has 0 radical (unpaired) electrons. The molecule has 0 aliphatic rings. The molecular weight excluding hydrogens is 316 g/mol. The number of hydrogen-bond donors (Lipinski definition) is 0. The first-order valence-corrected chi connectivity index (χ1v) is 9.01. The molecular formula is C24H18N2. The topological polar surface area (TPSA) is 9.86 Å². The summed E-state index contributed by atoms with van der Waals surface area (Å²) >= 11 is 0. The second-order valence-electron chi connectivity index (χ2n) is 7.17. The third kappa shape index (κ3) is 1.53. The summed E-state index contributed by atoms with van der Waals surface area (Å²) in [7, 11) is 4.37. The van der Waals surface area contributed by atoms with E-state index in [0.29, 0.717) is 0 Å². The number of nitrogens with zero attached hydrogens (tertiary/aromatic N) is 2. The molecule has 6 aromatic rings. The first-order chi connectivity index (χ1) is 12.8. The van der Waals surface area contributed by atoms with Crippen LogP contribution in [-0.4, -0.2) is 9.13 Å². The molecule has 0 saturated heterocycles. The molecule has 0 aliphatic heterocycles. The Morgan fingerprint density at radius 1 is 0.500 bits per heavy atom. The summed E-state index contributed by atoms with van der Waals surface area (Å²) in [6, 6.07) is 26.4. The van der Waals surface area contributed by atoms with E-state index in [1.54, 1.807) is 0 Å². The Morgan fingerprint density at radius 3 is 2.08 bits per heavy atom. The van der Waals surface area contributed by atoms with E-state index >= 15 is 0 Å². The molecule has 124 valence electrons. The van der Waals surface area contributed by atoms with Crippen LogP contribution in [0.25, 0.3) is 54.4 Å². The molecule has 2 nitrogen and oxygen atoms in total. The van der Waals surface area contributed by atoms with Crippen molar-refractivity contribution in [3.05, 3.63) is 72.8 Å². The predicted molar refractivity (Wildman–Crippen MR) is 112 cm³/mol. The molecule has 2 heteroatoms. The summed E-state index contributed by atoms with van der Waals surface area (Å²) in [4.78, 5) is 0. The minimum atomic E-state index is 1.28. The van der Waals surface area contributed by atoms with Crippen LogP contribution in [0.1, 0.15) is 0 Å². The van der Waals surface area contributed by atoms with Gasteiger partial charge in [-0.3, -0.25) is 0 Å². The van der Waals surface area contributed by atoms with Gasteiger partial charge in [0.2, 0.25) is 0 Å². The second kappa shape index (κ2) is 4.67. The molecule has 0 amide bonds. The molecule has 0 unspecified atom stereocenters. The Morgan fingerprint density at radius 2 is 1.19 bits per heavy atom. The van der Waals surface area contributed by atoms with Gasteiger partial charge in [0.25, 0.3) is 0 Å². The number of para-hydroxylation sites is 1. The van der Waals surface area contributed by atoms with Gasteiger partial charge in [-0.15, -0.1) is 0 Å². The Bertz CT molecular complexity index is 1500. The minimum absolute atomic E-state index is 1.28. The molecule has 26 heavy (non-hydrogen) atoms. The van der Waals surface area contributed by atoms with Crippen LogP contribution in [0, 0.1) is 0 Å². The lowest BCUT2D eigenvalue weighted by molar-refractivity contribution is 1.01. The zero-order valence-corrected chi connectivity index (χ0v) is 14.8. The highest BCUT2D eigenvalue weighted by Crippen LogP contribution is 2.40. The van der Waals surface area contributed by atoms with Crippen molar-refractivity contribution in [1.82, 2.24) is 9.13 Å². The standard InChI is InChI=1S/C24H18N2/c1-25-20-10-6-5-9-17(20)18-13-14-21-22(24(18)25)19-12-11-15-7-3-4-8-16(15)23(19)26(21)2/h3-14H,1-2H3. The van der Waals surface area contributed by atoms with E-state index in [1.165, 1.54) is 54.4 Å². The van der Waals surface area contributed by atoms with Gasteiger partial charge in [0.1, 0.15) is 0 Å². The number of benzene rings is 4. The van der Waals surface area contributed by atoms with Gasteiger partial charge in [-0.25, -0.2) is 0 Å². The fraction of sp³-hybridized carbons (Fsp3) is 0.0833. The fourth-order valence-electron chi connectivity index (χ4n) is 4.74. The molecule has 2 heterocycles. The molecule has 6 rings (SSSR count). The van der Waals surface area contributed by atoms with Gasteiger partial charge in [0, 0.05) is 46.5 Å². The molecule has 4 aromatic carbocycles. The average molecular weight is 334 g/mol. The van der Waals surface area contributed by atoms with Crippen LogP contribution in [0.4, 0.5) is 0 Å². The maximum Gasteiger partial charge on any atom is 0.0590 e. The van der Waals surface area contributed by atoms with Gasteiger partial charge in [0.05, 0.1) is 16.6 Å². The van der Waals surface area contributed by atoms with Crippen molar-refractivity contribution in [2.24, 2.45) is 14.1 Å². The van der Waals surface area contributed by atoms with Gasteiger partial charge < -0.3 is 9.13 Å². The Kier molecular flexibility index (Phi) is 2.51. The summed E-state index contributed by atoms with van der Waals surface area (Å²) in [5.41, 5.74) is 5.21. The van der Waals surface area contributed by atoms with E-state index < -0.39 is 0 Å². The number of rotatable bonds is 0. The van der Waals surface area contributed by atoms with E-state index in [9.17, 15) is 0 Å². The highest BCUT2D eigenvalue weighted by atomic mass is 15.0. The van der Waals surface area contributed by atoms with E-state index in [-0.39, 0.29) is 0 Å².